The van der Waals surface area contributed by atoms with E-state index in [0.29, 0.717) is 11.6 Å². The Morgan fingerprint density at radius 2 is 2.35 bits per heavy atom. The molecule has 2 aliphatic rings. The number of hydrazone groups is 1. The van der Waals surface area contributed by atoms with Gasteiger partial charge in [-0.05, 0) is 19.4 Å². The summed E-state index contributed by atoms with van der Waals surface area (Å²) in [5, 5.41) is 9.25. The van der Waals surface area contributed by atoms with E-state index < -0.39 is 0 Å². The molecule has 1 aliphatic heterocycles. The topological polar surface area (TPSA) is 18.8 Å². The van der Waals surface area contributed by atoms with Crippen LogP contribution in [-0.4, -0.2) is 36.0 Å². The second-order valence-corrected chi connectivity index (χ2v) is 5.47. The van der Waals surface area contributed by atoms with E-state index in [-0.39, 0.29) is 5.41 Å². The lowest BCUT2D eigenvalue weighted by atomic mass is 9.78. The van der Waals surface area contributed by atoms with E-state index in [1.54, 1.807) is 0 Å². The predicted molar refractivity (Wildman–Crippen MR) is 72.8 cm³/mol. The minimum absolute atomic E-state index is 0.00225. The molecule has 0 aromatic heterocycles. The van der Waals surface area contributed by atoms with Gasteiger partial charge in [0.2, 0.25) is 0 Å². The fourth-order valence-electron chi connectivity index (χ4n) is 2.39. The van der Waals surface area contributed by atoms with Gasteiger partial charge < -0.3 is 0 Å². The molecule has 2 rings (SSSR count). The van der Waals surface area contributed by atoms with Gasteiger partial charge in [-0.15, -0.1) is 0 Å². The van der Waals surface area contributed by atoms with Crippen molar-refractivity contribution in [3.63, 3.8) is 0 Å². The first-order valence-corrected chi connectivity index (χ1v) is 6.07. The second-order valence-electron chi connectivity index (χ2n) is 4.94. The first-order chi connectivity index (χ1) is 7.92. The number of rotatable bonds is 2. The molecular formula is C13H18ClN3. The van der Waals surface area contributed by atoms with Crippen LogP contribution in [0.15, 0.2) is 40.5 Å². The molecule has 0 saturated carbocycles. The lowest BCUT2D eigenvalue weighted by Gasteiger charge is -2.43. The summed E-state index contributed by atoms with van der Waals surface area (Å²) in [5.74, 6) is 0. The SMILES string of the molecule is C=C(Cl)CN1N=C2C(C)=CC=CC2(C)CN1C. The molecule has 0 saturated heterocycles. The first kappa shape index (κ1) is 12.4. The number of allylic oxidation sites excluding steroid dienone is 3. The summed E-state index contributed by atoms with van der Waals surface area (Å²) >= 11 is 5.86. The van der Waals surface area contributed by atoms with Crippen molar-refractivity contribution in [3.8, 4) is 0 Å². The smallest absolute Gasteiger partial charge is 0.0886 e. The summed E-state index contributed by atoms with van der Waals surface area (Å²) in [6.07, 6.45) is 6.42. The van der Waals surface area contributed by atoms with Crippen LogP contribution in [0.3, 0.4) is 0 Å². The number of hydrogen-bond acceptors (Lipinski definition) is 3. The molecule has 0 N–H and O–H groups in total. The third-order valence-electron chi connectivity index (χ3n) is 3.20. The Balaban J connectivity index is 2.35. The lowest BCUT2D eigenvalue weighted by Crippen LogP contribution is -2.51. The molecule has 1 aliphatic carbocycles. The molecule has 1 unspecified atom stereocenters. The molecule has 0 spiro atoms. The highest BCUT2D eigenvalue weighted by atomic mass is 35.5. The van der Waals surface area contributed by atoms with Gasteiger partial charge in [0.25, 0.3) is 0 Å². The maximum absolute atomic E-state index is 5.86. The van der Waals surface area contributed by atoms with Gasteiger partial charge in [0.1, 0.15) is 0 Å². The van der Waals surface area contributed by atoms with Crippen LogP contribution >= 0.6 is 11.6 Å². The number of hydrazine groups is 1. The van der Waals surface area contributed by atoms with Crippen LogP contribution in [0.25, 0.3) is 0 Å². The molecule has 1 heterocycles. The Morgan fingerprint density at radius 3 is 3.00 bits per heavy atom. The quantitative estimate of drug-likeness (QED) is 0.752. The van der Waals surface area contributed by atoms with Crippen LogP contribution in [0.2, 0.25) is 0 Å². The van der Waals surface area contributed by atoms with Crippen molar-refractivity contribution in [1.82, 2.24) is 10.1 Å². The summed E-state index contributed by atoms with van der Waals surface area (Å²) in [6.45, 7) is 9.48. The average molecular weight is 252 g/mol. The van der Waals surface area contributed by atoms with Crippen molar-refractivity contribution in [2.45, 2.75) is 13.8 Å². The fourth-order valence-corrected chi connectivity index (χ4v) is 2.50. The standard InChI is InChI=1S/C13H18ClN3/c1-10-6-5-7-13(3)9-16(4)17(8-11(2)14)15-12(10)13/h5-7H,2,8-9H2,1,3-4H3. The normalized spacial score (nSPS) is 28.6. The van der Waals surface area contributed by atoms with Crippen LogP contribution in [0, 0.1) is 5.41 Å². The summed E-state index contributed by atoms with van der Waals surface area (Å²) in [7, 11) is 2.02. The molecule has 1 atom stereocenters. The van der Waals surface area contributed by atoms with Crippen LogP contribution < -0.4 is 0 Å². The Bertz CT molecular complexity index is 436. The maximum atomic E-state index is 5.86. The Kier molecular flexibility index (Phi) is 3.15. The number of fused-ring (bicyclic) bond motifs is 1. The highest BCUT2D eigenvalue weighted by Gasteiger charge is 2.37. The highest BCUT2D eigenvalue weighted by Crippen LogP contribution is 2.33. The van der Waals surface area contributed by atoms with Gasteiger partial charge in [-0.1, -0.05) is 36.4 Å². The predicted octanol–water partition coefficient (Wildman–Crippen LogP) is 2.78. The van der Waals surface area contributed by atoms with Gasteiger partial charge in [-0.2, -0.15) is 5.10 Å². The van der Waals surface area contributed by atoms with Gasteiger partial charge in [0, 0.05) is 24.0 Å². The molecule has 17 heavy (non-hydrogen) atoms. The van der Waals surface area contributed by atoms with Crippen molar-refractivity contribution >= 4 is 17.3 Å². The average Bonchev–Trinajstić information content (AvgIpc) is 2.20. The summed E-state index contributed by atoms with van der Waals surface area (Å²) in [4.78, 5) is 0. The molecule has 0 fully saturated rings. The zero-order valence-electron chi connectivity index (χ0n) is 10.6. The third-order valence-corrected chi connectivity index (χ3v) is 3.32. The van der Waals surface area contributed by atoms with Crippen molar-refractivity contribution in [2.24, 2.45) is 10.5 Å². The van der Waals surface area contributed by atoms with Crippen molar-refractivity contribution < 1.29 is 0 Å². The van der Waals surface area contributed by atoms with Gasteiger partial charge in [-0.25, -0.2) is 10.1 Å². The van der Waals surface area contributed by atoms with E-state index in [0.717, 1.165) is 12.3 Å². The zero-order chi connectivity index (χ0) is 12.6. The van der Waals surface area contributed by atoms with Crippen LogP contribution in [0.4, 0.5) is 0 Å². The molecule has 0 aromatic carbocycles. The van der Waals surface area contributed by atoms with Crippen molar-refractivity contribution in [3.05, 3.63) is 35.4 Å². The number of hydrogen-bond donors (Lipinski definition) is 0. The molecule has 3 nitrogen and oxygen atoms in total. The molecule has 0 aromatic rings. The monoisotopic (exact) mass is 251 g/mol. The summed E-state index contributed by atoms with van der Waals surface area (Å²) in [5.41, 5.74) is 2.34. The molecule has 0 bridgehead atoms. The highest BCUT2D eigenvalue weighted by molar-refractivity contribution is 6.29. The van der Waals surface area contributed by atoms with Crippen molar-refractivity contribution in [2.75, 3.05) is 20.1 Å². The van der Waals surface area contributed by atoms with Gasteiger partial charge >= 0.3 is 0 Å². The Morgan fingerprint density at radius 1 is 1.65 bits per heavy atom. The Hall–Kier alpha value is -1.06. The largest absolute Gasteiger partial charge is 0.222 e. The van der Waals surface area contributed by atoms with E-state index in [4.69, 9.17) is 11.6 Å². The van der Waals surface area contributed by atoms with E-state index in [1.165, 1.54) is 5.57 Å². The lowest BCUT2D eigenvalue weighted by molar-refractivity contribution is -0.0156. The minimum atomic E-state index is -0.00225. The fraction of sp³-hybridized carbons (Fsp3) is 0.462. The number of halogens is 1. The summed E-state index contributed by atoms with van der Waals surface area (Å²) < 4.78 is 0. The van der Waals surface area contributed by atoms with E-state index in [9.17, 15) is 0 Å². The van der Waals surface area contributed by atoms with Crippen molar-refractivity contribution in [1.29, 1.82) is 0 Å². The van der Waals surface area contributed by atoms with Crippen LogP contribution in [0.5, 0.6) is 0 Å². The Labute approximate surface area is 108 Å². The molecule has 92 valence electrons. The molecular weight excluding hydrogens is 234 g/mol. The van der Waals surface area contributed by atoms with E-state index >= 15 is 0 Å². The van der Waals surface area contributed by atoms with Gasteiger partial charge in [0.05, 0.1) is 12.3 Å². The van der Waals surface area contributed by atoms with Crippen LogP contribution in [-0.2, 0) is 0 Å². The first-order valence-electron chi connectivity index (χ1n) is 5.70. The second kappa shape index (κ2) is 4.31. The maximum Gasteiger partial charge on any atom is 0.0886 e. The third kappa shape index (κ3) is 2.31. The van der Waals surface area contributed by atoms with Crippen LogP contribution in [0.1, 0.15) is 13.8 Å². The zero-order valence-corrected chi connectivity index (χ0v) is 11.3. The molecule has 0 amide bonds. The van der Waals surface area contributed by atoms with E-state index in [2.05, 4.69) is 48.8 Å². The minimum Gasteiger partial charge on any atom is -0.222 e. The molecule has 0 radical (unpaired) electrons. The van der Waals surface area contributed by atoms with Gasteiger partial charge in [0.15, 0.2) is 0 Å². The van der Waals surface area contributed by atoms with E-state index in [1.807, 2.05) is 12.2 Å². The van der Waals surface area contributed by atoms with Gasteiger partial charge in [-0.3, -0.25) is 0 Å². The molecule has 4 heteroatoms. The number of nitrogens with zero attached hydrogens (tertiary/aromatic N) is 3. The summed E-state index contributed by atoms with van der Waals surface area (Å²) in [6, 6.07) is 0.